The first-order chi connectivity index (χ1) is 9.32. The summed E-state index contributed by atoms with van der Waals surface area (Å²) in [5.74, 6) is 3.76. The van der Waals surface area contributed by atoms with Gasteiger partial charge in [0.2, 0.25) is 0 Å². The van der Waals surface area contributed by atoms with Crippen molar-refractivity contribution < 1.29 is 0 Å². The van der Waals surface area contributed by atoms with Crippen LogP contribution in [0.1, 0.15) is 50.1 Å². The quantitative estimate of drug-likeness (QED) is 0.882. The topological polar surface area (TPSA) is 29.9 Å². The van der Waals surface area contributed by atoms with Gasteiger partial charge in [-0.25, -0.2) is 4.98 Å². The van der Waals surface area contributed by atoms with E-state index in [-0.39, 0.29) is 0 Å². The van der Waals surface area contributed by atoms with E-state index in [9.17, 15) is 0 Å². The third-order valence-electron chi connectivity index (χ3n) is 6.38. The van der Waals surface area contributed by atoms with Gasteiger partial charge >= 0.3 is 0 Å². The minimum Gasteiger partial charge on any atom is -0.328 e. The van der Waals surface area contributed by atoms with Crippen LogP contribution in [0.25, 0.3) is 0 Å². The molecule has 3 nitrogen and oxygen atoms in total. The highest BCUT2D eigenvalue weighted by Gasteiger charge is 2.52. The second-order valence-electron chi connectivity index (χ2n) is 7.69. The molecule has 2 heterocycles. The fourth-order valence-electron chi connectivity index (χ4n) is 5.86. The van der Waals surface area contributed by atoms with Gasteiger partial charge in [0.1, 0.15) is 0 Å². The van der Waals surface area contributed by atoms with Crippen LogP contribution in [-0.4, -0.2) is 22.6 Å². The number of imidazole rings is 1. The highest BCUT2D eigenvalue weighted by atomic mass is 15.1. The Morgan fingerprint density at radius 2 is 1.68 bits per heavy atom. The molecule has 4 aliphatic carbocycles. The van der Waals surface area contributed by atoms with Crippen molar-refractivity contribution in [2.75, 3.05) is 13.1 Å². The van der Waals surface area contributed by atoms with Crippen LogP contribution in [0.4, 0.5) is 0 Å². The van der Waals surface area contributed by atoms with Crippen molar-refractivity contribution in [3.63, 3.8) is 0 Å². The fourth-order valence-corrected chi connectivity index (χ4v) is 5.86. The van der Waals surface area contributed by atoms with Crippen molar-refractivity contribution in [3.05, 3.63) is 18.2 Å². The molecule has 102 valence electrons. The van der Waals surface area contributed by atoms with Crippen LogP contribution in [0.3, 0.4) is 0 Å². The van der Waals surface area contributed by atoms with Crippen molar-refractivity contribution in [2.45, 2.75) is 50.0 Å². The van der Waals surface area contributed by atoms with E-state index in [1.807, 2.05) is 0 Å². The van der Waals surface area contributed by atoms with Crippen LogP contribution >= 0.6 is 0 Å². The zero-order chi connectivity index (χ0) is 12.4. The van der Waals surface area contributed by atoms with Crippen LogP contribution in [0, 0.1) is 17.8 Å². The van der Waals surface area contributed by atoms with Gasteiger partial charge in [-0.15, -0.1) is 0 Å². The Kier molecular flexibility index (Phi) is 2.08. The molecule has 6 rings (SSSR count). The number of nitrogens with one attached hydrogen (secondary N) is 1. The highest BCUT2D eigenvalue weighted by molar-refractivity contribution is 5.17. The zero-order valence-corrected chi connectivity index (χ0v) is 11.5. The molecule has 1 saturated heterocycles. The average molecular weight is 257 g/mol. The first-order valence-electron chi connectivity index (χ1n) is 8.06. The van der Waals surface area contributed by atoms with Crippen LogP contribution in [0.5, 0.6) is 0 Å². The number of aromatic nitrogens is 2. The van der Waals surface area contributed by atoms with Crippen molar-refractivity contribution >= 4 is 0 Å². The summed E-state index contributed by atoms with van der Waals surface area (Å²) in [6, 6.07) is 0. The molecule has 0 atom stereocenters. The van der Waals surface area contributed by atoms with Gasteiger partial charge in [-0.3, -0.25) is 0 Å². The Morgan fingerprint density at radius 1 is 1.05 bits per heavy atom. The molecule has 3 heteroatoms. The number of rotatable bonds is 2. The maximum absolute atomic E-state index is 4.52. The molecule has 0 radical (unpaired) electrons. The molecule has 0 unspecified atom stereocenters. The van der Waals surface area contributed by atoms with Crippen molar-refractivity contribution in [2.24, 2.45) is 17.8 Å². The molecular formula is C16H23N3. The van der Waals surface area contributed by atoms with E-state index >= 15 is 0 Å². The maximum atomic E-state index is 4.52. The number of hydrogen-bond donors (Lipinski definition) is 1. The van der Waals surface area contributed by atoms with Crippen molar-refractivity contribution in [1.29, 1.82) is 0 Å². The Morgan fingerprint density at radius 3 is 2.21 bits per heavy atom. The molecule has 0 spiro atoms. The van der Waals surface area contributed by atoms with Crippen LogP contribution in [-0.2, 0) is 5.54 Å². The van der Waals surface area contributed by atoms with Gasteiger partial charge in [-0.05, 0) is 56.3 Å². The minimum atomic E-state index is 0.455. The fraction of sp³-hybridized carbons (Fsp3) is 0.812. The Hall–Kier alpha value is -0.830. The first-order valence-corrected chi connectivity index (χ1v) is 8.06. The van der Waals surface area contributed by atoms with Crippen molar-refractivity contribution in [3.8, 4) is 0 Å². The summed E-state index contributed by atoms with van der Waals surface area (Å²) in [6.07, 6.45) is 13.2. The summed E-state index contributed by atoms with van der Waals surface area (Å²) in [6.45, 7) is 2.30. The lowest BCUT2D eigenvalue weighted by molar-refractivity contribution is -0.0450. The van der Waals surface area contributed by atoms with E-state index in [0.717, 1.165) is 36.8 Å². The summed E-state index contributed by atoms with van der Waals surface area (Å²) >= 11 is 0. The minimum absolute atomic E-state index is 0.455. The van der Waals surface area contributed by atoms with E-state index < -0.39 is 0 Å². The summed E-state index contributed by atoms with van der Waals surface area (Å²) in [5.41, 5.74) is 1.97. The average Bonchev–Trinajstić information content (AvgIpc) is 2.74. The lowest BCUT2D eigenvalue weighted by atomic mass is 9.53. The smallest absolute Gasteiger partial charge is 0.0953 e. The van der Waals surface area contributed by atoms with Gasteiger partial charge in [0, 0.05) is 36.4 Å². The van der Waals surface area contributed by atoms with Gasteiger partial charge in [0.05, 0.1) is 6.33 Å². The lowest BCUT2D eigenvalue weighted by Gasteiger charge is -2.57. The Bertz CT molecular complexity index is 465. The molecule has 5 aliphatic rings. The molecule has 5 fully saturated rings. The monoisotopic (exact) mass is 257 g/mol. The summed E-state index contributed by atoms with van der Waals surface area (Å²) in [7, 11) is 0. The molecular weight excluding hydrogens is 234 g/mol. The standard InChI is InChI=1S/C16H23N3/c1-11-2-13-3-12(1)5-16(4-11,6-13)19-10-18-9-15(19)14-7-17-8-14/h9-14,17H,1-8H2. The second-order valence-corrected chi connectivity index (χ2v) is 7.69. The maximum Gasteiger partial charge on any atom is 0.0953 e. The van der Waals surface area contributed by atoms with Gasteiger partial charge in [-0.2, -0.15) is 0 Å². The Balaban J connectivity index is 1.56. The summed E-state index contributed by atoms with van der Waals surface area (Å²) in [4.78, 5) is 4.52. The third kappa shape index (κ3) is 1.45. The second kappa shape index (κ2) is 3.63. The van der Waals surface area contributed by atoms with Crippen LogP contribution < -0.4 is 5.32 Å². The molecule has 4 bridgehead atoms. The van der Waals surface area contributed by atoms with E-state index in [2.05, 4.69) is 27.4 Å². The summed E-state index contributed by atoms with van der Waals surface area (Å²) in [5, 5.41) is 3.41. The molecule has 19 heavy (non-hydrogen) atoms. The first kappa shape index (κ1) is 10.9. The molecule has 1 N–H and O–H groups in total. The lowest BCUT2D eigenvalue weighted by Crippen LogP contribution is -2.53. The van der Waals surface area contributed by atoms with E-state index in [1.54, 1.807) is 0 Å². The van der Waals surface area contributed by atoms with E-state index in [4.69, 9.17) is 0 Å². The van der Waals surface area contributed by atoms with Gasteiger partial charge < -0.3 is 9.88 Å². The van der Waals surface area contributed by atoms with Gasteiger partial charge in [0.15, 0.2) is 0 Å². The van der Waals surface area contributed by atoms with E-state index in [1.165, 1.54) is 44.2 Å². The molecule has 0 amide bonds. The molecule has 0 aromatic carbocycles. The largest absolute Gasteiger partial charge is 0.328 e. The Labute approximate surface area is 114 Å². The molecule has 4 saturated carbocycles. The molecule has 1 aromatic rings. The number of nitrogens with zero attached hydrogens (tertiary/aromatic N) is 2. The molecule has 1 aliphatic heterocycles. The summed E-state index contributed by atoms with van der Waals surface area (Å²) < 4.78 is 2.63. The highest BCUT2D eigenvalue weighted by Crippen LogP contribution is 2.59. The van der Waals surface area contributed by atoms with Gasteiger partial charge in [0.25, 0.3) is 0 Å². The third-order valence-corrected chi connectivity index (χ3v) is 6.38. The normalized spacial score (nSPS) is 44.5. The predicted molar refractivity (Wildman–Crippen MR) is 74.0 cm³/mol. The van der Waals surface area contributed by atoms with E-state index in [0.29, 0.717) is 5.54 Å². The van der Waals surface area contributed by atoms with Crippen LogP contribution in [0.2, 0.25) is 0 Å². The van der Waals surface area contributed by atoms with Crippen molar-refractivity contribution in [1.82, 2.24) is 14.9 Å². The zero-order valence-electron chi connectivity index (χ0n) is 11.5. The number of hydrogen-bond acceptors (Lipinski definition) is 2. The van der Waals surface area contributed by atoms with Crippen LogP contribution in [0.15, 0.2) is 12.5 Å². The van der Waals surface area contributed by atoms with Gasteiger partial charge in [-0.1, -0.05) is 0 Å². The predicted octanol–water partition coefficient (Wildman–Crippen LogP) is 2.50. The SMILES string of the molecule is c1ncn(C23CC4CC(CC(C4)C2)C3)c1C1CNC1. The molecule has 1 aromatic heterocycles.